The highest BCUT2D eigenvalue weighted by atomic mass is 16.5. The number of benzene rings is 4. The summed E-state index contributed by atoms with van der Waals surface area (Å²) in [7, 11) is 0. The van der Waals surface area contributed by atoms with E-state index < -0.39 is 0 Å². The van der Waals surface area contributed by atoms with Gasteiger partial charge in [-0.05, 0) is 106 Å². The van der Waals surface area contributed by atoms with E-state index in [1.54, 1.807) is 0 Å². The molecule has 0 fully saturated rings. The smallest absolute Gasteiger partial charge is 0.326 e. The van der Waals surface area contributed by atoms with Gasteiger partial charge in [-0.3, -0.25) is 0 Å². The van der Waals surface area contributed by atoms with E-state index in [9.17, 15) is 0 Å². The van der Waals surface area contributed by atoms with E-state index in [2.05, 4.69) is 79.3 Å². The molecule has 272 valence electrons. The lowest BCUT2D eigenvalue weighted by atomic mass is 9.63. The maximum absolute atomic E-state index is 5.90. The summed E-state index contributed by atoms with van der Waals surface area (Å²) in [4.78, 5) is 0. The Bertz CT molecular complexity index is 1700. The van der Waals surface area contributed by atoms with Crippen LogP contribution in [0, 0.1) is 0 Å². The van der Waals surface area contributed by atoms with Gasteiger partial charge in [0.05, 0.1) is 24.4 Å². The molecule has 8 nitrogen and oxygen atoms in total. The van der Waals surface area contributed by atoms with Crippen LogP contribution in [0.25, 0.3) is 0 Å². The second-order valence-corrected chi connectivity index (χ2v) is 14.2. The molecule has 4 aliphatic heterocycles. The van der Waals surface area contributed by atoms with Gasteiger partial charge >= 0.3 is 27.7 Å². The van der Waals surface area contributed by atoms with Gasteiger partial charge in [0, 0.05) is 22.7 Å². The molecule has 0 saturated heterocycles. The van der Waals surface area contributed by atoms with Crippen LogP contribution >= 0.6 is 0 Å². The predicted molar refractivity (Wildman–Crippen MR) is 225 cm³/mol. The molecule has 4 aromatic rings. The fourth-order valence-corrected chi connectivity index (χ4v) is 8.01. The average Bonchev–Trinajstić information content (AvgIpc) is 3.86. The van der Waals surface area contributed by atoms with Gasteiger partial charge in [0.1, 0.15) is 0 Å². The Hall–Kier alpha value is -3.82. The van der Waals surface area contributed by atoms with Gasteiger partial charge in [-0.2, -0.15) is 0 Å². The Morgan fingerprint density at radius 1 is 0.442 bits per heavy atom. The van der Waals surface area contributed by atoms with Crippen LogP contribution in [-0.4, -0.2) is 27.7 Å². The molecule has 8 N–H and O–H groups in total. The lowest BCUT2D eigenvalue weighted by Gasteiger charge is -2.08. The first-order chi connectivity index (χ1) is 24.9. The number of hydrogen-bond donors (Lipinski definition) is 4. The minimum absolute atomic E-state index is 0.154. The fourth-order valence-electron chi connectivity index (χ4n) is 8.01. The maximum atomic E-state index is 5.90. The van der Waals surface area contributed by atoms with Crippen molar-refractivity contribution in [2.75, 3.05) is 22.9 Å². The molecule has 0 aromatic heterocycles. The normalized spacial score (nSPS) is 20.5. The van der Waals surface area contributed by atoms with Crippen LogP contribution in [0.15, 0.2) is 72.8 Å². The van der Waals surface area contributed by atoms with Gasteiger partial charge in [-0.15, -0.1) is 0 Å². The van der Waals surface area contributed by atoms with Crippen LogP contribution < -0.4 is 44.8 Å². The van der Waals surface area contributed by atoms with Crippen LogP contribution in [0.2, 0.25) is 27.3 Å². The van der Waals surface area contributed by atoms with Crippen molar-refractivity contribution in [2.24, 2.45) is 0 Å². The molecule has 4 aromatic carbocycles. The highest BCUT2D eigenvalue weighted by Crippen LogP contribution is 2.31. The van der Waals surface area contributed by atoms with Crippen LogP contribution in [0.5, 0.6) is 0 Å². The van der Waals surface area contributed by atoms with E-state index in [1.165, 1.54) is 44.1 Å². The van der Waals surface area contributed by atoms with E-state index in [1.807, 2.05) is 48.5 Å². The summed E-state index contributed by atoms with van der Waals surface area (Å²) in [5.74, 6) is 0. The van der Waals surface area contributed by atoms with Crippen LogP contribution in [0.3, 0.4) is 0 Å². The van der Waals surface area contributed by atoms with Gasteiger partial charge in [-0.1, -0.05) is 91.4 Å². The van der Waals surface area contributed by atoms with Crippen molar-refractivity contribution in [3.63, 3.8) is 0 Å². The minimum atomic E-state index is 0.154. The summed E-state index contributed by atoms with van der Waals surface area (Å²) < 4.78 is 23.1. The second-order valence-electron chi connectivity index (χ2n) is 14.2. The third kappa shape index (κ3) is 8.36. The molecular weight excluding hydrogens is 644 g/mol. The number of nitrogen functional groups attached to an aromatic ring is 4. The van der Waals surface area contributed by atoms with E-state index in [0.29, 0.717) is 0 Å². The quantitative estimate of drug-likeness (QED) is 0.143. The van der Waals surface area contributed by atoms with Gasteiger partial charge in [0.15, 0.2) is 0 Å². The Balaban J connectivity index is 0.000000134. The molecule has 4 heterocycles. The third-order valence-corrected chi connectivity index (χ3v) is 10.6. The van der Waals surface area contributed by atoms with Gasteiger partial charge in [0.25, 0.3) is 0 Å². The molecule has 0 bridgehead atoms. The van der Waals surface area contributed by atoms with E-state index in [4.69, 9.17) is 41.6 Å². The lowest BCUT2D eigenvalue weighted by Crippen LogP contribution is -2.27. The molecule has 0 aliphatic carbocycles. The van der Waals surface area contributed by atoms with E-state index in [-0.39, 0.29) is 52.1 Å². The second kappa shape index (κ2) is 17.3. The summed E-state index contributed by atoms with van der Waals surface area (Å²) in [6, 6.07) is 24.2. The average molecular weight is 700 g/mol. The standard InChI is InChI=1S/4C10H14BNO/c2*1-3-10-8-5-4-7(12)6-9(8)11(2)13-10;2*1-3-9-7-5-4-6-8(12)10(7)11(2)13-9/h2*4-6,10H,3,12H2,1-2H3;2*4-6,9H,3,12H2,1-2H3/t2*10-;2*9-/m1010/s1. The van der Waals surface area contributed by atoms with Crippen molar-refractivity contribution in [3.05, 3.63) is 95.1 Å². The van der Waals surface area contributed by atoms with E-state index >= 15 is 0 Å². The Kier molecular flexibility index (Phi) is 13.1. The number of nitrogens with two attached hydrogens (primary N) is 4. The number of hydrogen-bond acceptors (Lipinski definition) is 8. The van der Waals surface area contributed by atoms with E-state index in [0.717, 1.165) is 48.4 Å². The molecule has 4 aliphatic rings. The maximum Gasteiger partial charge on any atom is 0.326 e. The van der Waals surface area contributed by atoms with Crippen molar-refractivity contribution >= 4 is 72.3 Å². The SMILES string of the molecule is CC[C@@H]1OB(C)c2c(N)cccc21.CC[C@@H]1OB(C)c2cc(N)ccc21.CC[C@H]1OB(C)c2c(N)cccc21.CC[C@H]1OB(C)c2cc(N)ccc21. The van der Waals surface area contributed by atoms with Crippen molar-refractivity contribution in [1.82, 2.24) is 0 Å². The Labute approximate surface area is 313 Å². The van der Waals surface area contributed by atoms with Crippen molar-refractivity contribution in [3.8, 4) is 0 Å². The molecular formula is C40H56B4N4O4. The molecule has 52 heavy (non-hydrogen) atoms. The largest absolute Gasteiger partial charge is 0.424 e. The van der Waals surface area contributed by atoms with Crippen LogP contribution in [0.1, 0.15) is 100 Å². The number of anilines is 4. The molecule has 8 rings (SSSR count). The summed E-state index contributed by atoms with van der Waals surface area (Å²) in [5.41, 5.74) is 36.7. The highest BCUT2D eigenvalue weighted by molar-refractivity contribution is 6.70. The van der Waals surface area contributed by atoms with Gasteiger partial charge in [0.2, 0.25) is 0 Å². The summed E-state index contributed by atoms with van der Waals surface area (Å²) in [5, 5.41) is 0. The first-order valence-electron chi connectivity index (χ1n) is 19.1. The fraction of sp³-hybridized carbons (Fsp3) is 0.400. The zero-order valence-electron chi connectivity index (χ0n) is 32.3. The highest BCUT2D eigenvalue weighted by Gasteiger charge is 2.34. The topological polar surface area (TPSA) is 141 Å². The number of fused-ring (bicyclic) bond motifs is 4. The van der Waals surface area contributed by atoms with Gasteiger partial charge in [-0.25, -0.2) is 0 Å². The zero-order chi connectivity index (χ0) is 37.7. The summed E-state index contributed by atoms with van der Waals surface area (Å²) in [6.07, 6.45) is 5.11. The van der Waals surface area contributed by atoms with Crippen LogP contribution in [0.4, 0.5) is 22.7 Å². The third-order valence-electron chi connectivity index (χ3n) is 10.6. The monoisotopic (exact) mass is 700 g/mol. The number of rotatable bonds is 4. The minimum Gasteiger partial charge on any atom is -0.424 e. The van der Waals surface area contributed by atoms with Crippen molar-refractivity contribution in [1.29, 1.82) is 0 Å². The van der Waals surface area contributed by atoms with Crippen LogP contribution in [-0.2, 0) is 18.6 Å². The molecule has 0 radical (unpaired) electrons. The molecule has 0 saturated carbocycles. The van der Waals surface area contributed by atoms with Crippen molar-refractivity contribution in [2.45, 2.75) is 105 Å². The molecule has 0 spiro atoms. The first kappa shape index (κ1) is 39.4. The lowest BCUT2D eigenvalue weighted by molar-refractivity contribution is 0.221. The molecule has 0 amide bonds. The Morgan fingerprint density at radius 2 is 0.769 bits per heavy atom. The van der Waals surface area contributed by atoms with Crippen molar-refractivity contribution < 1.29 is 18.6 Å². The zero-order valence-corrected chi connectivity index (χ0v) is 32.3. The molecule has 4 atom stereocenters. The summed E-state index contributed by atoms with van der Waals surface area (Å²) in [6.45, 7) is 17.5. The Morgan fingerprint density at radius 3 is 1.12 bits per heavy atom. The predicted octanol–water partition coefficient (Wildman–Crippen LogP) is 6.31. The summed E-state index contributed by atoms with van der Waals surface area (Å²) >= 11 is 0. The van der Waals surface area contributed by atoms with Gasteiger partial charge < -0.3 is 41.6 Å². The first-order valence-corrected chi connectivity index (χ1v) is 19.1. The molecule has 0 unspecified atom stereocenters. The molecule has 12 heteroatoms.